The molecule has 0 spiro atoms. The number of piperidine rings is 2. The summed E-state index contributed by atoms with van der Waals surface area (Å²) in [7, 11) is 0. The standard InChI is InChI=1S/C17H22F3N5O2/c1-10-22-13(17(18,19)20)9-14(23-10)25-6-3-12(4-7-25)24-16(27)11-2-5-21-15(26)8-11/h9,11-12H,2-8H2,1H3,(H,21,26)(H,24,27)/t11-/m1/s1. The van der Waals surface area contributed by atoms with E-state index in [0.717, 1.165) is 6.07 Å². The minimum atomic E-state index is -4.51. The van der Waals surface area contributed by atoms with Crippen LogP contribution in [0.1, 0.15) is 37.2 Å². The first-order valence-corrected chi connectivity index (χ1v) is 8.97. The number of rotatable bonds is 3. The first-order chi connectivity index (χ1) is 12.7. The van der Waals surface area contributed by atoms with Gasteiger partial charge < -0.3 is 15.5 Å². The number of aryl methyl sites for hydroxylation is 1. The molecule has 2 N–H and O–H groups in total. The van der Waals surface area contributed by atoms with Crippen molar-refractivity contribution in [2.45, 2.75) is 44.8 Å². The minimum absolute atomic E-state index is 0.0521. The van der Waals surface area contributed by atoms with E-state index in [2.05, 4.69) is 20.6 Å². The molecule has 0 bridgehead atoms. The third kappa shape index (κ3) is 4.86. The highest BCUT2D eigenvalue weighted by atomic mass is 19.4. The summed E-state index contributed by atoms with van der Waals surface area (Å²) in [6.45, 7) is 2.92. The van der Waals surface area contributed by atoms with Crippen LogP contribution in [0.5, 0.6) is 0 Å². The number of hydrogen-bond donors (Lipinski definition) is 2. The zero-order valence-corrected chi connectivity index (χ0v) is 15.0. The average Bonchev–Trinajstić information content (AvgIpc) is 2.61. The number of nitrogens with zero attached hydrogens (tertiary/aromatic N) is 3. The van der Waals surface area contributed by atoms with Gasteiger partial charge in [0.05, 0.1) is 0 Å². The molecule has 0 aliphatic carbocycles. The molecule has 2 amide bonds. The summed E-state index contributed by atoms with van der Waals surface area (Å²) in [6.07, 6.45) is -2.48. The smallest absolute Gasteiger partial charge is 0.356 e. The number of anilines is 1. The van der Waals surface area contributed by atoms with Crippen LogP contribution in [0.2, 0.25) is 0 Å². The van der Waals surface area contributed by atoms with Crippen molar-refractivity contribution in [2.75, 3.05) is 24.5 Å². The average molecular weight is 385 g/mol. The molecule has 1 aromatic rings. The van der Waals surface area contributed by atoms with E-state index < -0.39 is 11.9 Å². The summed E-state index contributed by atoms with van der Waals surface area (Å²) in [4.78, 5) is 33.1. The molecule has 3 heterocycles. The van der Waals surface area contributed by atoms with Gasteiger partial charge in [-0.15, -0.1) is 0 Å². The van der Waals surface area contributed by atoms with Crippen LogP contribution in [0.25, 0.3) is 0 Å². The topological polar surface area (TPSA) is 87.2 Å². The second-order valence-corrected chi connectivity index (χ2v) is 6.97. The second kappa shape index (κ2) is 7.69. The van der Waals surface area contributed by atoms with E-state index in [4.69, 9.17) is 0 Å². The normalized spacial score (nSPS) is 21.7. The quantitative estimate of drug-likeness (QED) is 0.822. The molecule has 0 aromatic carbocycles. The maximum Gasteiger partial charge on any atom is 0.433 e. The minimum Gasteiger partial charge on any atom is -0.356 e. The molecule has 1 aromatic heterocycles. The van der Waals surface area contributed by atoms with Crippen molar-refractivity contribution in [3.63, 3.8) is 0 Å². The summed E-state index contributed by atoms with van der Waals surface area (Å²) >= 11 is 0. The summed E-state index contributed by atoms with van der Waals surface area (Å²) in [6, 6.07) is 0.913. The summed E-state index contributed by atoms with van der Waals surface area (Å²) in [5, 5.41) is 5.67. The lowest BCUT2D eigenvalue weighted by Gasteiger charge is -2.34. The van der Waals surface area contributed by atoms with E-state index in [1.165, 1.54) is 6.92 Å². The monoisotopic (exact) mass is 385 g/mol. The molecule has 2 saturated heterocycles. The largest absolute Gasteiger partial charge is 0.433 e. The molecule has 27 heavy (non-hydrogen) atoms. The lowest BCUT2D eigenvalue weighted by atomic mass is 9.95. The Hall–Kier alpha value is -2.39. The fourth-order valence-corrected chi connectivity index (χ4v) is 3.44. The predicted molar refractivity (Wildman–Crippen MR) is 90.9 cm³/mol. The third-order valence-electron chi connectivity index (χ3n) is 4.90. The molecule has 2 fully saturated rings. The van der Waals surface area contributed by atoms with Crippen LogP contribution in [0, 0.1) is 12.8 Å². The Morgan fingerprint density at radius 2 is 1.96 bits per heavy atom. The van der Waals surface area contributed by atoms with Crippen LogP contribution in [0.15, 0.2) is 6.07 Å². The van der Waals surface area contributed by atoms with Crippen LogP contribution in [-0.4, -0.2) is 47.5 Å². The Bertz CT molecular complexity index is 717. The fourth-order valence-electron chi connectivity index (χ4n) is 3.44. The van der Waals surface area contributed by atoms with Gasteiger partial charge in [-0.1, -0.05) is 0 Å². The van der Waals surface area contributed by atoms with Crippen LogP contribution in [-0.2, 0) is 15.8 Å². The van der Waals surface area contributed by atoms with Gasteiger partial charge in [0.2, 0.25) is 11.8 Å². The fraction of sp³-hybridized carbons (Fsp3) is 0.647. The number of carbonyl (C=O) groups excluding carboxylic acids is 2. The van der Waals surface area contributed by atoms with Crippen LogP contribution < -0.4 is 15.5 Å². The molecule has 0 saturated carbocycles. The van der Waals surface area contributed by atoms with E-state index in [9.17, 15) is 22.8 Å². The number of carbonyl (C=O) groups is 2. The van der Waals surface area contributed by atoms with Crippen molar-refractivity contribution in [1.29, 1.82) is 0 Å². The molecule has 3 rings (SSSR count). The van der Waals surface area contributed by atoms with Crippen molar-refractivity contribution >= 4 is 17.6 Å². The van der Waals surface area contributed by atoms with Gasteiger partial charge in [-0.05, 0) is 26.2 Å². The van der Waals surface area contributed by atoms with Crippen LogP contribution in [0.3, 0.4) is 0 Å². The molecule has 1 atom stereocenters. The molecule has 0 radical (unpaired) electrons. The van der Waals surface area contributed by atoms with Gasteiger partial charge in [-0.2, -0.15) is 13.2 Å². The van der Waals surface area contributed by atoms with Crippen molar-refractivity contribution in [1.82, 2.24) is 20.6 Å². The van der Waals surface area contributed by atoms with Crippen LogP contribution in [0.4, 0.5) is 19.0 Å². The zero-order chi connectivity index (χ0) is 19.6. The maximum atomic E-state index is 12.9. The molecule has 7 nitrogen and oxygen atoms in total. The van der Waals surface area contributed by atoms with Gasteiger partial charge in [-0.3, -0.25) is 9.59 Å². The molecule has 2 aliphatic rings. The van der Waals surface area contributed by atoms with Gasteiger partial charge in [0.25, 0.3) is 0 Å². The SMILES string of the molecule is Cc1nc(N2CCC(NC(=O)[C@@H]3CCNC(=O)C3)CC2)cc(C(F)(F)F)n1. The van der Waals surface area contributed by atoms with Gasteiger partial charge in [0.15, 0.2) is 0 Å². The van der Waals surface area contributed by atoms with E-state index in [1.807, 2.05) is 0 Å². The highest BCUT2D eigenvalue weighted by Gasteiger charge is 2.34. The summed E-state index contributed by atoms with van der Waals surface area (Å²) in [5.41, 5.74) is -0.948. The number of alkyl halides is 3. The van der Waals surface area contributed by atoms with Gasteiger partial charge >= 0.3 is 6.18 Å². The first kappa shape index (κ1) is 19.4. The third-order valence-corrected chi connectivity index (χ3v) is 4.90. The number of hydrogen-bond acceptors (Lipinski definition) is 5. The number of aromatic nitrogens is 2. The van der Waals surface area contributed by atoms with Crippen molar-refractivity contribution in [2.24, 2.45) is 5.92 Å². The molecule has 2 aliphatic heterocycles. The molecular weight excluding hydrogens is 363 g/mol. The number of amides is 2. The Morgan fingerprint density at radius 1 is 1.26 bits per heavy atom. The van der Waals surface area contributed by atoms with Crippen molar-refractivity contribution in [3.05, 3.63) is 17.6 Å². The Kier molecular flexibility index (Phi) is 5.52. The van der Waals surface area contributed by atoms with E-state index in [0.29, 0.717) is 38.9 Å². The van der Waals surface area contributed by atoms with Gasteiger partial charge in [0, 0.05) is 44.1 Å². The Morgan fingerprint density at radius 3 is 2.59 bits per heavy atom. The summed E-state index contributed by atoms with van der Waals surface area (Å²) in [5.74, 6) is -0.221. The van der Waals surface area contributed by atoms with Gasteiger partial charge in [0.1, 0.15) is 17.3 Å². The molecule has 10 heteroatoms. The predicted octanol–water partition coefficient (Wildman–Crippen LogP) is 1.42. The van der Waals surface area contributed by atoms with E-state index in [1.54, 1.807) is 4.90 Å². The van der Waals surface area contributed by atoms with Gasteiger partial charge in [-0.25, -0.2) is 9.97 Å². The van der Waals surface area contributed by atoms with E-state index in [-0.39, 0.29) is 41.8 Å². The maximum absolute atomic E-state index is 12.9. The molecule has 148 valence electrons. The number of halogens is 3. The number of nitrogens with one attached hydrogen (secondary N) is 2. The van der Waals surface area contributed by atoms with E-state index >= 15 is 0 Å². The first-order valence-electron chi connectivity index (χ1n) is 8.97. The zero-order valence-electron chi connectivity index (χ0n) is 15.0. The van der Waals surface area contributed by atoms with Crippen molar-refractivity contribution in [3.8, 4) is 0 Å². The molecule has 0 unspecified atom stereocenters. The molecular formula is C17H22F3N5O2. The van der Waals surface area contributed by atoms with Crippen molar-refractivity contribution < 1.29 is 22.8 Å². The Labute approximate surface area is 154 Å². The lowest BCUT2D eigenvalue weighted by Crippen LogP contribution is -2.48. The summed E-state index contributed by atoms with van der Waals surface area (Å²) < 4.78 is 38.8. The lowest BCUT2D eigenvalue weighted by molar-refractivity contribution is -0.141. The van der Waals surface area contributed by atoms with Crippen LogP contribution >= 0.6 is 0 Å². The highest BCUT2D eigenvalue weighted by Crippen LogP contribution is 2.30. The highest BCUT2D eigenvalue weighted by molar-refractivity contribution is 5.87. The Balaban J connectivity index is 1.57. The second-order valence-electron chi connectivity index (χ2n) is 6.97.